The van der Waals surface area contributed by atoms with Crippen LogP contribution in [0.2, 0.25) is 0 Å². The highest BCUT2D eigenvalue weighted by molar-refractivity contribution is 7.99. The van der Waals surface area contributed by atoms with Gasteiger partial charge >= 0.3 is 0 Å². The number of aryl methyl sites for hydroxylation is 1. The molecule has 0 spiro atoms. The van der Waals surface area contributed by atoms with Crippen LogP contribution in [0.3, 0.4) is 0 Å². The van der Waals surface area contributed by atoms with Crippen LogP contribution < -0.4 is 5.32 Å². The summed E-state index contributed by atoms with van der Waals surface area (Å²) < 4.78 is 1.81. The lowest BCUT2D eigenvalue weighted by atomic mass is 9.97. The molecule has 1 heterocycles. The summed E-state index contributed by atoms with van der Waals surface area (Å²) in [5.74, 6) is 1.53. The van der Waals surface area contributed by atoms with Gasteiger partial charge in [0.2, 0.25) is 0 Å². The first kappa shape index (κ1) is 12.0. The number of hydrogen-bond acceptors (Lipinski definition) is 4. The van der Waals surface area contributed by atoms with Crippen LogP contribution in [0.15, 0.2) is 17.3 Å². The molecule has 0 aliphatic heterocycles. The Morgan fingerprint density at radius 2 is 2.44 bits per heavy atom. The highest BCUT2D eigenvalue weighted by Crippen LogP contribution is 2.41. The maximum absolute atomic E-state index is 9.57. The summed E-state index contributed by atoms with van der Waals surface area (Å²) in [4.78, 5) is 1.16. The molecule has 1 saturated carbocycles. The van der Waals surface area contributed by atoms with Crippen LogP contribution in [0.25, 0.3) is 0 Å². The van der Waals surface area contributed by atoms with Gasteiger partial charge in [-0.15, -0.1) is 11.8 Å². The van der Waals surface area contributed by atoms with Crippen LogP contribution in [-0.2, 0) is 7.05 Å². The molecular weight excluding hydrogens is 222 g/mol. The van der Waals surface area contributed by atoms with Gasteiger partial charge in [0.1, 0.15) is 0 Å². The number of nitrogens with one attached hydrogen (secondary N) is 1. The van der Waals surface area contributed by atoms with Crippen molar-refractivity contribution in [2.24, 2.45) is 13.0 Å². The van der Waals surface area contributed by atoms with E-state index in [1.807, 2.05) is 26.5 Å². The highest BCUT2D eigenvalue weighted by Gasteiger charge is 2.43. The maximum atomic E-state index is 9.57. The van der Waals surface area contributed by atoms with E-state index in [1.165, 1.54) is 12.8 Å². The van der Waals surface area contributed by atoms with Gasteiger partial charge in [-0.1, -0.05) is 0 Å². The van der Waals surface area contributed by atoms with E-state index in [1.54, 1.807) is 16.4 Å². The van der Waals surface area contributed by atoms with Gasteiger partial charge in [-0.2, -0.15) is 5.10 Å². The molecule has 2 N–H and O–H groups in total. The van der Waals surface area contributed by atoms with E-state index in [9.17, 15) is 5.11 Å². The first-order valence-electron chi connectivity index (χ1n) is 5.61. The Hall–Kier alpha value is -0.520. The minimum atomic E-state index is -0.111. The van der Waals surface area contributed by atoms with Crippen LogP contribution in [0.5, 0.6) is 0 Å². The van der Waals surface area contributed by atoms with E-state index < -0.39 is 0 Å². The molecule has 1 atom stereocenters. The number of aliphatic hydroxyl groups is 1. The zero-order chi connectivity index (χ0) is 11.6. The van der Waals surface area contributed by atoms with E-state index in [0.29, 0.717) is 5.92 Å². The van der Waals surface area contributed by atoms with Crippen molar-refractivity contribution in [2.75, 3.05) is 19.4 Å². The van der Waals surface area contributed by atoms with Gasteiger partial charge in [-0.3, -0.25) is 4.68 Å². The van der Waals surface area contributed by atoms with Crippen molar-refractivity contribution in [1.29, 1.82) is 0 Å². The zero-order valence-corrected chi connectivity index (χ0v) is 10.6. The van der Waals surface area contributed by atoms with Gasteiger partial charge in [0, 0.05) is 23.9 Å². The molecule has 1 fully saturated rings. The molecule has 16 heavy (non-hydrogen) atoms. The van der Waals surface area contributed by atoms with Crippen LogP contribution in [0.4, 0.5) is 0 Å². The first-order valence-corrected chi connectivity index (χ1v) is 6.60. The number of aliphatic hydroxyl groups excluding tert-OH is 1. The second-order valence-electron chi connectivity index (χ2n) is 4.48. The summed E-state index contributed by atoms with van der Waals surface area (Å²) in [6.45, 7) is 0.210. The fraction of sp³-hybridized carbons (Fsp3) is 0.727. The van der Waals surface area contributed by atoms with Crippen LogP contribution in [0, 0.1) is 5.92 Å². The quantitative estimate of drug-likeness (QED) is 0.726. The van der Waals surface area contributed by atoms with Crippen molar-refractivity contribution in [3.05, 3.63) is 12.4 Å². The molecule has 5 heteroatoms. The summed E-state index contributed by atoms with van der Waals surface area (Å²) in [6.07, 6.45) is 6.34. The van der Waals surface area contributed by atoms with Gasteiger partial charge in [0.15, 0.2) is 0 Å². The molecule has 1 aromatic rings. The molecule has 1 aromatic heterocycles. The molecule has 4 nitrogen and oxygen atoms in total. The van der Waals surface area contributed by atoms with Crippen molar-refractivity contribution < 1.29 is 5.11 Å². The van der Waals surface area contributed by atoms with Gasteiger partial charge in [-0.25, -0.2) is 0 Å². The van der Waals surface area contributed by atoms with Crippen molar-refractivity contribution in [3.8, 4) is 0 Å². The molecule has 0 aromatic carbocycles. The Morgan fingerprint density at radius 1 is 1.69 bits per heavy atom. The largest absolute Gasteiger partial charge is 0.394 e. The van der Waals surface area contributed by atoms with Crippen molar-refractivity contribution in [2.45, 2.75) is 23.3 Å². The van der Waals surface area contributed by atoms with Crippen molar-refractivity contribution in [3.63, 3.8) is 0 Å². The number of hydrogen-bond donors (Lipinski definition) is 2. The molecule has 0 saturated heterocycles. The van der Waals surface area contributed by atoms with Crippen LogP contribution in [0.1, 0.15) is 12.8 Å². The molecule has 2 rings (SSSR count). The topological polar surface area (TPSA) is 50.1 Å². The summed E-state index contributed by atoms with van der Waals surface area (Å²) in [5, 5.41) is 17.0. The summed E-state index contributed by atoms with van der Waals surface area (Å²) in [6, 6.07) is 0. The number of nitrogens with zero attached hydrogens (tertiary/aromatic N) is 2. The number of thioether (sulfide) groups is 1. The van der Waals surface area contributed by atoms with E-state index in [-0.39, 0.29) is 12.1 Å². The average molecular weight is 241 g/mol. The molecule has 0 bridgehead atoms. The Labute approximate surface area is 100 Å². The monoisotopic (exact) mass is 241 g/mol. The highest BCUT2D eigenvalue weighted by atomic mass is 32.2. The standard InChI is InChI=1S/C11H19N3OS/c1-12-11(7-15,9-3-4-9)8-16-10-5-13-14(2)6-10/h5-6,9,12,15H,3-4,7-8H2,1-2H3. The lowest BCUT2D eigenvalue weighted by Crippen LogP contribution is -2.51. The molecule has 1 aliphatic carbocycles. The van der Waals surface area contributed by atoms with Crippen molar-refractivity contribution in [1.82, 2.24) is 15.1 Å². The number of aromatic nitrogens is 2. The van der Waals surface area contributed by atoms with Gasteiger partial charge in [-0.05, 0) is 25.8 Å². The SMILES string of the molecule is CNC(CO)(CSc1cnn(C)c1)C1CC1. The van der Waals surface area contributed by atoms with Crippen LogP contribution in [-0.4, -0.2) is 39.8 Å². The summed E-state index contributed by atoms with van der Waals surface area (Å²) in [7, 11) is 3.86. The minimum Gasteiger partial charge on any atom is -0.394 e. The molecule has 1 unspecified atom stereocenters. The van der Waals surface area contributed by atoms with E-state index in [0.717, 1.165) is 10.6 Å². The van der Waals surface area contributed by atoms with E-state index in [2.05, 4.69) is 10.4 Å². The van der Waals surface area contributed by atoms with Gasteiger partial charge in [0.05, 0.1) is 18.3 Å². The zero-order valence-electron chi connectivity index (χ0n) is 9.81. The maximum Gasteiger partial charge on any atom is 0.0625 e. The minimum absolute atomic E-state index is 0.111. The second kappa shape index (κ2) is 4.77. The van der Waals surface area contributed by atoms with E-state index >= 15 is 0 Å². The lowest BCUT2D eigenvalue weighted by Gasteiger charge is -2.31. The second-order valence-corrected chi connectivity index (χ2v) is 5.53. The molecule has 0 amide bonds. The number of rotatable bonds is 6. The summed E-state index contributed by atoms with van der Waals surface area (Å²) in [5.41, 5.74) is -0.111. The normalized spacial score (nSPS) is 19.7. The van der Waals surface area contributed by atoms with Crippen LogP contribution >= 0.6 is 11.8 Å². The fourth-order valence-electron chi connectivity index (χ4n) is 1.97. The van der Waals surface area contributed by atoms with E-state index in [4.69, 9.17) is 0 Å². The Balaban J connectivity index is 1.96. The van der Waals surface area contributed by atoms with Gasteiger partial charge in [0.25, 0.3) is 0 Å². The lowest BCUT2D eigenvalue weighted by molar-refractivity contribution is 0.167. The Bertz CT molecular complexity index is 345. The predicted molar refractivity (Wildman–Crippen MR) is 65.5 cm³/mol. The number of likely N-dealkylation sites (N-methyl/N-ethyl adjacent to an activating group) is 1. The Kier molecular flexibility index (Phi) is 3.56. The van der Waals surface area contributed by atoms with Crippen molar-refractivity contribution >= 4 is 11.8 Å². The smallest absolute Gasteiger partial charge is 0.0625 e. The fourth-order valence-corrected chi connectivity index (χ4v) is 3.21. The molecular formula is C11H19N3OS. The Morgan fingerprint density at radius 3 is 2.88 bits per heavy atom. The molecule has 90 valence electrons. The molecule has 1 aliphatic rings. The third-order valence-corrected chi connectivity index (χ3v) is 4.52. The molecule has 0 radical (unpaired) electrons. The first-order chi connectivity index (χ1) is 7.70. The predicted octanol–water partition coefficient (Wildman–Crippen LogP) is 0.873. The summed E-state index contributed by atoms with van der Waals surface area (Å²) >= 11 is 1.76. The third kappa shape index (κ3) is 2.42. The van der Waals surface area contributed by atoms with Gasteiger partial charge < -0.3 is 10.4 Å². The third-order valence-electron chi connectivity index (χ3n) is 3.32. The average Bonchev–Trinajstić information content (AvgIpc) is 3.06.